The molecule has 0 bridgehead atoms. The van der Waals surface area contributed by atoms with Crippen LogP contribution in [0, 0.1) is 5.82 Å². The van der Waals surface area contributed by atoms with Gasteiger partial charge in [0.15, 0.2) is 11.6 Å². The van der Waals surface area contributed by atoms with E-state index >= 15 is 0 Å². The first kappa shape index (κ1) is 11.2. The monoisotopic (exact) mass is 253 g/mol. The zero-order chi connectivity index (χ0) is 11.9. The highest BCUT2D eigenvalue weighted by atomic mass is 35.5. The molecule has 2 rings (SSSR count). The van der Waals surface area contributed by atoms with Crippen LogP contribution in [0.5, 0.6) is 0 Å². The van der Waals surface area contributed by atoms with Gasteiger partial charge in [-0.15, -0.1) is 0 Å². The molecule has 9 heteroatoms. The third-order valence-electron chi connectivity index (χ3n) is 2.09. The number of hydrogen-bond acceptors (Lipinski definition) is 5. The van der Waals surface area contributed by atoms with Crippen LogP contribution in [0.3, 0.4) is 0 Å². The molecule has 1 fully saturated rings. The molecule has 0 unspecified atom stereocenters. The van der Waals surface area contributed by atoms with Gasteiger partial charge in [0.25, 0.3) is 5.92 Å². The van der Waals surface area contributed by atoms with E-state index in [-0.39, 0.29) is 16.9 Å². The number of hydrogen-bond donors (Lipinski definition) is 2. The number of halogens is 4. The second-order valence-corrected chi connectivity index (χ2v) is 3.67. The Morgan fingerprint density at radius 2 is 2.00 bits per heavy atom. The summed E-state index contributed by atoms with van der Waals surface area (Å²) in [4.78, 5) is 8.06. The van der Waals surface area contributed by atoms with Gasteiger partial charge < -0.3 is 10.3 Å². The van der Waals surface area contributed by atoms with E-state index in [4.69, 9.17) is 17.4 Å². The number of hydrazine groups is 1. The Bertz CT molecular complexity index is 419. The molecule has 1 aromatic heterocycles. The molecular formula is C7H7ClF3N5. The van der Waals surface area contributed by atoms with Gasteiger partial charge in [0, 0.05) is 0 Å². The van der Waals surface area contributed by atoms with Crippen molar-refractivity contribution in [2.45, 2.75) is 5.92 Å². The normalized spacial score (nSPS) is 18.2. The van der Waals surface area contributed by atoms with E-state index in [9.17, 15) is 13.2 Å². The Kier molecular flexibility index (Phi) is 2.55. The predicted molar refractivity (Wildman–Crippen MR) is 52.0 cm³/mol. The second-order valence-electron chi connectivity index (χ2n) is 3.34. The highest BCUT2D eigenvalue weighted by molar-refractivity contribution is 6.28. The minimum absolute atomic E-state index is 0.264. The average molecular weight is 254 g/mol. The zero-order valence-corrected chi connectivity index (χ0v) is 8.60. The first-order valence-corrected chi connectivity index (χ1v) is 4.63. The topological polar surface area (TPSA) is 67.1 Å². The molecule has 0 saturated carbocycles. The van der Waals surface area contributed by atoms with Crippen LogP contribution in [-0.2, 0) is 0 Å². The minimum Gasteiger partial charge on any atom is -0.342 e. The summed E-state index contributed by atoms with van der Waals surface area (Å²) in [6, 6.07) is 0. The first-order valence-electron chi connectivity index (χ1n) is 4.25. The van der Waals surface area contributed by atoms with Crippen molar-refractivity contribution in [1.29, 1.82) is 0 Å². The lowest BCUT2D eigenvalue weighted by Crippen LogP contribution is -2.57. The summed E-state index contributed by atoms with van der Waals surface area (Å²) in [5, 5.41) is -0.264. The van der Waals surface area contributed by atoms with Gasteiger partial charge in [-0.2, -0.15) is 14.4 Å². The molecule has 16 heavy (non-hydrogen) atoms. The fourth-order valence-electron chi connectivity index (χ4n) is 1.38. The minimum atomic E-state index is -2.82. The summed E-state index contributed by atoms with van der Waals surface area (Å²) >= 11 is 5.50. The number of aromatic nitrogens is 2. The molecule has 1 aliphatic rings. The van der Waals surface area contributed by atoms with Gasteiger partial charge in [-0.1, -0.05) is 0 Å². The number of anilines is 2. The Labute approximate surface area is 93.4 Å². The van der Waals surface area contributed by atoms with Gasteiger partial charge in [0.1, 0.15) is 0 Å². The highest BCUT2D eigenvalue weighted by Crippen LogP contribution is 2.33. The molecule has 1 aromatic rings. The summed E-state index contributed by atoms with van der Waals surface area (Å²) in [5.41, 5.74) is 1.98. The summed E-state index contributed by atoms with van der Waals surface area (Å²) < 4.78 is 38.8. The molecule has 0 aromatic carbocycles. The van der Waals surface area contributed by atoms with Crippen molar-refractivity contribution in [3.05, 3.63) is 11.1 Å². The van der Waals surface area contributed by atoms with E-state index in [0.717, 1.165) is 4.90 Å². The largest absolute Gasteiger partial charge is 0.342 e. The van der Waals surface area contributed by atoms with Crippen molar-refractivity contribution in [3.8, 4) is 0 Å². The van der Waals surface area contributed by atoms with Gasteiger partial charge in [0.2, 0.25) is 11.1 Å². The number of rotatable bonds is 2. The number of nitrogens with zero attached hydrogens (tertiary/aromatic N) is 3. The molecule has 0 atom stereocenters. The van der Waals surface area contributed by atoms with Crippen LogP contribution in [-0.4, -0.2) is 29.0 Å². The van der Waals surface area contributed by atoms with E-state index in [0.29, 0.717) is 0 Å². The van der Waals surface area contributed by atoms with Crippen LogP contribution in [0.25, 0.3) is 0 Å². The van der Waals surface area contributed by atoms with Gasteiger partial charge in [-0.05, 0) is 11.6 Å². The van der Waals surface area contributed by atoms with Crippen molar-refractivity contribution >= 4 is 23.2 Å². The maximum Gasteiger partial charge on any atom is 0.282 e. The molecule has 0 amide bonds. The van der Waals surface area contributed by atoms with Gasteiger partial charge in [0.05, 0.1) is 13.1 Å². The Morgan fingerprint density at radius 3 is 2.50 bits per heavy atom. The van der Waals surface area contributed by atoms with Crippen LogP contribution in [0.15, 0.2) is 0 Å². The number of alkyl halides is 2. The van der Waals surface area contributed by atoms with E-state index in [1.165, 1.54) is 0 Å². The van der Waals surface area contributed by atoms with Gasteiger partial charge in [-0.3, -0.25) is 0 Å². The molecule has 2 heterocycles. The lowest BCUT2D eigenvalue weighted by molar-refractivity contribution is -0.0270. The molecule has 0 radical (unpaired) electrons. The van der Waals surface area contributed by atoms with Crippen molar-refractivity contribution < 1.29 is 13.2 Å². The second kappa shape index (κ2) is 3.63. The molecule has 0 aliphatic carbocycles. The quantitative estimate of drug-likeness (QED) is 0.468. The van der Waals surface area contributed by atoms with Crippen LogP contribution < -0.4 is 16.2 Å². The van der Waals surface area contributed by atoms with E-state index in [1.807, 2.05) is 5.43 Å². The van der Waals surface area contributed by atoms with Crippen LogP contribution in [0.4, 0.5) is 24.8 Å². The summed E-state index contributed by atoms with van der Waals surface area (Å²) in [6.45, 7) is -1.19. The highest BCUT2D eigenvalue weighted by Gasteiger charge is 2.45. The number of nitrogens with two attached hydrogens (primary N) is 1. The van der Waals surface area contributed by atoms with Crippen molar-refractivity contribution in [1.82, 2.24) is 9.97 Å². The smallest absolute Gasteiger partial charge is 0.282 e. The van der Waals surface area contributed by atoms with E-state index in [2.05, 4.69) is 9.97 Å². The van der Waals surface area contributed by atoms with Crippen LogP contribution in [0.2, 0.25) is 5.28 Å². The van der Waals surface area contributed by atoms with Crippen LogP contribution >= 0.6 is 11.6 Å². The van der Waals surface area contributed by atoms with Gasteiger partial charge in [-0.25, -0.2) is 14.6 Å². The third kappa shape index (κ3) is 1.85. The lowest BCUT2D eigenvalue weighted by atomic mass is 10.1. The van der Waals surface area contributed by atoms with E-state index in [1.54, 1.807) is 0 Å². The summed E-state index contributed by atoms with van der Waals surface area (Å²) in [7, 11) is 0. The van der Waals surface area contributed by atoms with Crippen molar-refractivity contribution in [3.63, 3.8) is 0 Å². The summed E-state index contributed by atoms with van der Waals surface area (Å²) in [6.07, 6.45) is 0. The maximum atomic E-state index is 13.6. The molecule has 0 spiro atoms. The predicted octanol–water partition coefficient (Wildman–Crippen LogP) is 1.01. The SMILES string of the molecule is NNc1nc(Cl)nc(N2CC(F)(F)C2)c1F. The molecule has 3 N–H and O–H groups in total. The zero-order valence-electron chi connectivity index (χ0n) is 7.85. The molecule has 5 nitrogen and oxygen atoms in total. The van der Waals surface area contributed by atoms with Crippen molar-refractivity contribution in [2.75, 3.05) is 23.4 Å². The van der Waals surface area contributed by atoms with Crippen LogP contribution in [0.1, 0.15) is 0 Å². The summed E-state index contributed by atoms with van der Waals surface area (Å²) in [5.74, 6) is 0.669. The Balaban J connectivity index is 2.31. The number of nitrogen functional groups attached to an aromatic ring is 1. The fraction of sp³-hybridized carbons (Fsp3) is 0.429. The molecule has 1 saturated heterocycles. The Hall–Kier alpha value is -1.28. The standard InChI is InChI=1S/C7H7ClF3N5/c8-6-13-4(15-12)3(9)5(14-6)16-1-7(10,11)2-16/h1-2,12H2,(H,13,14,15). The first-order chi connectivity index (χ1) is 7.43. The fourth-order valence-corrected chi connectivity index (χ4v) is 1.54. The lowest BCUT2D eigenvalue weighted by Gasteiger charge is -2.39. The van der Waals surface area contributed by atoms with Gasteiger partial charge >= 0.3 is 0 Å². The average Bonchev–Trinajstić information content (AvgIpc) is 2.17. The maximum absolute atomic E-state index is 13.6. The number of nitrogens with one attached hydrogen (secondary N) is 1. The van der Waals surface area contributed by atoms with E-state index < -0.39 is 24.8 Å². The molecule has 1 aliphatic heterocycles. The molecule has 88 valence electrons. The molecular weight excluding hydrogens is 247 g/mol. The third-order valence-corrected chi connectivity index (χ3v) is 2.26. The Morgan fingerprint density at radius 1 is 1.38 bits per heavy atom. The van der Waals surface area contributed by atoms with Crippen molar-refractivity contribution in [2.24, 2.45) is 5.84 Å².